The van der Waals surface area contributed by atoms with E-state index in [-0.39, 0.29) is 0 Å². The molecule has 16 heavy (non-hydrogen) atoms. The molecule has 0 aromatic carbocycles. The van der Waals surface area contributed by atoms with Crippen molar-refractivity contribution in [1.29, 1.82) is 0 Å². The molecule has 3 atom stereocenters. The molecule has 1 aromatic rings. The average Bonchev–Trinajstić information content (AvgIpc) is 2.86. The quantitative estimate of drug-likeness (QED) is 0.778. The van der Waals surface area contributed by atoms with E-state index in [9.17, 15) is 0 Å². The van der Waals surface area contributed by atoms with Crippen molar-refractivity contribution in [3.05, 3.63) is 10.0 Å². The first-order valence-corrected chi connectivity index (χ1v) is 8.02. The molecule has 2 saturated carbocycles. The van der Waals surface area contributed by atoms with Crippen molar-refractivity contribution >= 4 is 27.3 Å². The zero-order valence-electron chi connectivity index (χ0n) is 9.53. The molecule has 0 N–H and O–H groups in total. The highest BCUT2D eigenvalue weighted by molar-refractivity contribution is 9.09. The molecule has 0 radical (unpaired) electrons. The predicted molar refractivity (Wildman–Crippen MR) is 70.1 cm³/mol. The Morgan fingerprint density at radius 3 is 2.62 bits per heavy atom. The molecule has 88 valence electrons. The molecule has 2 fully saturated rings. The summed E-state index contributed by atoms with van der Waals surface area (Å²) in [7, 11) is 0. The highest BCUT2D eigenvalue weighted by atomic mass is 79.9. The molecule has 0 saturated heterocycles. The highest BCUT2D eigenvalue weighted by Crippen LogP contribution is 2.61. The standard InChI is InChI=1S/C12H17BrN2S/c1-2-9(13)11-14-15-12(16-11)10-7-5-3-4-6-8(7)10/h7-10H,2-6H2,1H3. The Labute approximate surface area is 109 Å². The first kappa shape index (κ1) is 11.1. The second kappa shape index (κ2) is 4.37. The van der Waals surface area contributed by atoms with Crippen LogP contribution >= 0.6 is 27.3 Å². The summed E-state index contributed by atoms with van der Waals surface area (Å²) in [5, 5.41) is 11.2. The van der Waals surface area contributed by atoms with Crippen molar-refractivity contribution in [2.75, 3.05) is 0 Å². The zero-order valence-corrected chi connectivity index (χ0v) is 11.9. The number of aromatic nitrogens is 2. The molecule has 3 rings (SSSR count). The van der Waals surface area contributed by atoms with Gasteiger partial charge in [0.05, 0.1) is 4.83 Å². The van der Waals surface area contributed by atoms with Gasteiger partial charge < -0.3 is 0 Å². The number of hydrogen-bond acceptors (Lipinski definition) is 3. The summed E-state index contributed by atoms with van der Waals surface area (Å²) >= 11 is 5.49. The summed E-state index contributed by atoms with van der Waals surface area (Å²) in [5.41, 5.74) is 0. The van der Waals surface area contributed by atoms with Gasteiger partial charge in [-0.05, 0) is 31.1 Å². The summed E-state index contributed by atoms with van der Waals surface area (Å²) in [6.45, 7) is 2.18. The maximum atomic E-state index is 4.41. The van der Waals surface area contributed by atoms with Gasteiger partial charge in [-0.2, -0.15) is 0 Å². The van der Waals surface area contributed by atoms with Crippen LogP contribution in [0.4, 0.5) is 0 Å². The fraction of sp³-hybridized carbons (Fsp3) is 0.833. The lowest BCUT2D eigenvalue weighted by Gasteiger charge is -2.04. The summed E-state index contributed by atoms with van der Waals surface area (Å²) in [5.74, 6) is 2.67. The van der Waals surface area contributed by atoms with Gasteiger partial charge in [0, 0.05) is 5.92 Å². The molecule has 2 aliphatic rings. The van der Waals surface area contributed by atoms with E-state index >= 15 is 0 Å². The van der Waals surface area contributed by atoms with Gasteiger partial charge in [0.2, 0.25) is 0 Å². The molecule has 2 nitrogen and oxygen atoms in total. The lowest BCUT2D eigenvalue weighted by atomic mass is 10.0. The monoisotopic (exact) mass is 300 g/mol. The number of hydrogen-bond donors (Lipinski definition) is 0. The third-order valence-corrected chi connectivity index (χ3v) is 6.55. The van der Waals surface area contributed by atoms with E-state index < -0.39 is 0 Å². The van der Waals surface area contributed by atoms with Crippen molar-refractivity contribution in [3.63, 3.8) is 0 Å². The molecular formula is C12H17BrN2S. The number of alkyl halides is 1. The Morgan fingerprint density at radius 2 is 2.00 bits per heavy atom. The Bertz CT molecular complexity index is 367. The van der Waals surface area contributed by atoms with Crippen LogP contribution in [-0.4, -0.2) is 10.2 Å². The fourth-order valence-electron chi connectivity index (χ4n) is 3.04. The van der Waals surface area contributed by atoms with Crippen LogP contribution in [0, 0.1) is 11.8 Å². The van der Waals surface area contributed by atoms with Gasteiger partial charge >= 0.3 is 0 Å². The van der Waals surface area contributed by atoms with Crippen LogP contribution in [0.1, 0.15) is 59.8 Å². The zero-order chi connectivity index (χ0) is 11.1. The summed E-state index contributed by atoms with van der Waals surface area (Å²) < 4.78 is 0. The molecule has 4 heteroatoms. The Balaban J connectivity index is 1.74. The first-order valence-electron chi connectivity index (χ1n) is 6.28. The van der Waals surface area contributed by atoms with E-state index in [0.717, 1.165) is 24.2 Å². The van der Waals surface area contributed by atoms with Crippen molar-refractivity contribution in [1.82, 2.24) is 10.2 Å². The summed E-state index contributed by atoms with van der Waals surface area (Å²) in [6.07, 6.45) is 6.80. The van der Waals surface area contributed by atoms with Crippen LogP contribution in [-0.2, 0) is 0 Å². The van der Waals surface area contributed by atoms with Crippen molar-refractivity contribution in [3.8, 4) is 0 Å². The summed E-state index contributed by atoms with van der Waals surface area (Å²) in [6, 6.07) is 0. The SMILES string of the molecule is CCC(Br)c1nnc(C2C3CCCCC32)s1. The van der Waals surface area contributed by atoms with Gasteiger partial charge in [-0.25, -0.2) is 0 Å². The van der Waals surface area contributed by atoms with Crippen molar-refractivity contribution < 1.29 is 0 Å². The van der Waals surface area contributed by atoms with Crippen LogP contribution in [0.25, 0.3) is 0 Å². The molecule has 1 aromatic heterocycles. The fourth-order valence-corrected chi connectivity index (χ4v) is 4.57. The highest BCUT2D eigenvalue weighted by Gasteiger charge is 2.53. The largest absolute Gasteiger partial charge is 0.143 e. The van der Waals surface area contributed by atoms with E-state index in [4.69, 9.17) is 0 Å². The van der Waals surface area contributed by atoms with Gasteiger partial charge in [0.25, 0.3) is 0 Å². The minimum absolute atomic E-state index is 0.402. The Morgan fingerprint density at radius 1 is 1.31 bits per heavy atom. The topological polar surface area (TPSA) is 25.8 Å². The van der Waals surface area contributed by atoms with E-state index in [1.165, 1.54) is 35.7 Å². The number of rotatable bonds is 3. The van der Waals surface area contributed by atoms with Crippen LogP contribution in [0.15, 0.2) is 0 Å². The Kier molecular flexibility index (Phi) is 3.05. The smallest absolute Gasteiger partial charge is 0.131 e. The molecular weight excluding hydrogens is 284 g/mol. The summed E-state index contributed by atoms with van der Waals surface area (Å²) in [4.78, 5) is 0.402. The molecule has 0 aliphatic heterocycles. The Hall–Kier alpha value is 0.0400. The molecule has 0 bridgehead atoms. The van der Waals surface area contributed by atoms with Gasteiger partial charge in [0.1, 0.15) is 10.0 Å². The van der Waals surface area contributed by atoms with Gasteiger partial charge in [0.15, 0.2) is 0 Å². The minimum atomic E-state index is 0.402. The molecule has 0 amide bonds. The number of halogens is 1. The van der Waals surface area contributed by atoms with Crippen LogP contribution in [0.2, 0.25) is 0 Å². The second-order valence-electron chi connectivity index (χ2n) is 4.99. The lowest BCUT2D eigenvalue weighted by molar-refractivity contribution is 0.480. The van der Waals surface area contributed by atoms with Crippen molar-refractivity contribution in [2.45, 2.75) is 49.8 Å². The second-order valence-corrected chi connectivity index (χ2v) is 7.14. The van der Waals surface area contributed by atoms with Crippen LogP contribution in [0.3, 0.4) is 0 Å². The maximum Gasteiger partial charge on any atom is 0.131 e. The van der Waals surface area contributed by atoms with Gasteiger partial charge in [-0.1, -0.05) is 35.7 Å². The van der Waals surface area contributed by atoms with Crippen molar-refractivity contribution in [2.24, 2.45) is 11.8 Å². The van der Waals surface area contributed by atoms with Gasteiger partial charge in [-0.15, -0.1) is 21.5 Å². The molecule has 0 spiro atoms. The number of fused-ring (bicyclic) bond motifs is 1. The first-order chi connectivity index (χ1) is 7.81. The van der Waals surface area contributed by atoms with E-state index in [0.29, 0.717) is 4.83 Å². The third-order valence-electron chi connectivity index (χ3n) is 4.02. The third kappa shape index (κ3) is 1.84. The average molecular weight is 301 g/mol. The molecule has 3 unspecified atom stereocenters. The van der Waals surface area contributed by atoms with Crippen LogP contribution < -0.4 is 0 Å². The maximum absolute atomic E-state index is 4.41. The molecule has 2 aliphatic carbocycles. The lowest BCUT2D eigenvalue weighted by Crippen LogP contribution is -1.91. The normalized spacial score (nSPS) is 34.5. The van der Waals surface area contributed by atoms with E-state index in [1.807, 2.05) is 11.3 Å². The molecule has 1 heterocycles. The minimum Gasteiger partial charge on any atom is -0.143 e. The van der Waals surface area contributed by atoms with Crippen LogP contribution in [0.5, 0.6) is 0 Å². The van der Waals surface area contributed by atoms with E-state index in [1.54, 1.807) is 0 Å². The number of nitrogens with zero attached hydrogens (tertiary/aromatic N) is 2. The van der Waals surface area contributed by atoms with E-state index in [2.05, 4.69) is 33.1 Å². The predicted octanol–water partition coefficient (Wildman–Crippen LogP) is 4.29. The van der Waals surface area contributed by atoms with Gasteiger partial charge in [-0.3, -0.25) is 0 Å².